The van der Waals surface area contributed by atoms with Crippen LogP contribution in [0.1, 0.15) is 39.0 Å². The predicted octanol–water partition coefficient (Wildman–Crippen LogP) is 4.78. The second kappa shape index (κ2) is 6.34. The first-order chi connectivity index (χ1) is 5.48. The number of alkyl halides is 3. The normalized spacial score (nSPS) is 14.8. The van der Waals surface area contributed by atoms with E-state index in [2.05, 4.69) is 13.8 Å². The zero-order valence-electron chi connectivity index (χ0n) is 7.45. The van der Waals surface area contributed by atoms with Crippen molar-refractivity contribution in [2.75, 3.05) is 0 Å². The Morgan fingerprint density at radius 2 is 1.75 bits per heavy atom. The van der Waals surface area contributed by atoms with E-state index in [0.29, 0.717) is 0 Å². The first-order valence-corrected chi connectivity index (χ1v) is 5.51. The minimum Gasteiger partial charge on any atom is -0.0834 e. The Morgan fingerprint density at radius 3 is 2.17 bits per heavy atom. The SMILES string of the molecule is [CH2]C(CCCCCC)C(Cl)(Cl)Cl. The minimum absolute atomic E-state index is 0.0839. The topological polar surface area (TPSA) is 0 Å². The number of halogens is 3. The van der Waals surface area contributed by atoms with Crippen molar-refractivity contribution in [1.29, 1.82) is 0 Å². The van der Waals surface area contributed by atoms with Gasteiger partial charge in [-0.15, -0.1) is 0 Å². The molecule has 0 aliphatic rings. The van der Waals surface area contributed by atoms with Gasteiger partial charge in [-0.25, -0.2) is 0 Å². The van der Waals surface area contributed by atoms with Crippen molar-refractivity contribution in [1.82, 2.24) is 0 Å². The van der Waals surface area contributed by atoms with Gasteiger partial charge in [-0.1, -0.05) is 67.4 Å². The Labute approximate surface area is 90.6 Å². The Kier molecular flexibility index (Phi) is 6.80. The third-order valence-electron chi connectivity index (χ3n) is 1.87. The molecule has 0 aromatic carbocycles. The predicted molar refractivity (Wildman–Crippen MR) is 57.9 cm³/mol. The fourth-order valence-corrected chi connectivity index (χ4v) is 1.31. The lowest BCUT2D eigenvalue weighted by Crippen LogP contribution is -2.15. The van der Waals surface area contributed by atoms with Crippen molar-refractivity contribution in [3.63, 3.8) is 0 Å². The van der Waals surface area contributed by atoms with Crippen LogP contribution in [0.2, 0.25) is 0 Å². The Bertz CT molecular complexity index is 107. The molecule has 0 amide bonds. The molecule has 0 nitrogen and oxygen atoms in total. The maximum absolute atomic E-state index is 5.66. The van der Waals surface area contributed by atoms with E-state index < -0.39 is 3.79 Å². The molecule has 0 heterocycles. The lowest BCUT2D eigenvalue weighted by Gasteiger charge is -2.19. The highest BCUT2D eigenvalue weighted by Gasteiger charge is 2.27. The summed E-state index contributed by atoms with van der Waals surface area (Å²) in [6, 6.07) is 0. The average Bonchev–Trinajstić information content (AvgIpc) is 1.96. The maximum atomic E-state index is 5.66. The number of hydrogen-bond donors (Lipinski definition) is 0. The van der Waals surface area contributed by atoms with Crippen LogP contribution in [-0.4, -0.2) is 3.79 Å². The lowest BCUT2D eigenvalue weighted by atomic mass is 10.0. The second-order valence-electron chi connectivity index (χ2n) is 3.09. The summed E-state index contributed by atoms with van der Waals surface area (Å²) in [5, 5.41) is 0. The van der Waals surface area contributed by atoms with Crippen LogP contribution in [0.5, 0.6) is 0 Å². The van der Waals surface area contributed by atoms with E-state index in [1.165, 1.54) is 19.3 Å². The summed E-state index contributed by atoms with van der Waals surface area (Å²) in [6.07, 6.45) is 5.71. The van der Waals surface area contributed by atoms with E-state index in [0.717, 1.165) is 12.8 Å². The Balaban J connectivity index is 3.38. The molecule has 3 heteroatoms. The highest BCUT2D eigenvalue weighted by atomic mass is 35.6. The van der Waals surface area contributed by atoms with Crippen molar-refractivity contribution in [3.05, 3.63) is 6.92 Å². The highest BCUT2D eigenvalue weighted by molar-refractivity contribution is 6.67. The Hall–Kier alpha value is 0.870. The van der Waals surface area contributed by atoms with Crippen LogP contribution in [0.4, 0.5) is 0 Å². The molecule has 0 aromatic heterocycles. The summed E-state index contributed by atoms with van der Waals surface area (Å²) in [4.78, 5) is 0. The van der Waals surface area contributed by atoms with Gasteiger partial charge in [0.05, 0.1) is 0 Å². The molecular formula is C9H16Cl3. The maximum Gasteiger partial charge on any atom is 0.193 e. The average molecular weight is 231 g/mol. The van der Waals surface area contributed by atoms with Crippen LogP contribution < -0.4 is 0 Å². The summed E-state index contributed by atoms with van der Waals surface area (Å²) in [5.74, 6) is -0.0839. The monoisotopic (exact) mass is 229 g/mol. The van der Waals surface area contributed by atoms with Crippen molar-refractivity contribution >= 4 is 34.8 Å². The van der Waals surface area contributed by atoms with E-state index in [4.69, 9.17) is 34.8 Å². The lowest BCUT2D eigenvalue weighted by molar-refractivity contribution is 0.534. The zero-order valence-corrected chi connectivity index (χ0v) is 9.72. The third kappa shape index (κ3) is 6.39. The van der Waals surface area contributed by atoms with Crippen molar-refractivity contribution < 1.29 is 0 Å². The molecular weight excluding hydrogens is 214 g/mol. The van der Waals surface area contributed by atoms with Gasteiger partial charge in [0.15, 0.2) is 3.79 Å². The van der Waals surface area contributed by atoms with Gasteiger partial charge in [-0.05, 0) is 13.3 Å². The van der Waals surface area contributed by atoms with E-state index in [-0.39, 0.29) is 5.92 Å². The zero-order chi connectivity index (χ0) is 9.61. The van der Waals surface area contributed by atoms with Gasteiger partial charge in [0, 0.05) is 5.92 Å². The number of rotatable bonds is 5. The largest absolute Gasteiger partial charge is 0.193 e. The molecule has 1 unspecified atom stereocenters. The smallest absolute Gasteiger partial charge is 0.0834 e. The molecule has 0 aromatic rings. The molecule has 73 valence electrons. The van der Waals surface area contributed by atoms with Gasteiger partial charge in [-0.3, -0.25) is 0 Å². The summed E-state index contributed by atoms with van der Waals surface area (Å²) in [7, 11) is 0. The van der Waals surface area contributed by atoms with E-state index in [9.17, 15) is 0 Å². The Morgan fingerprint density at radius 1 is 1.17 bits per heavy atom. The fraction of sp³-hybridized carbons (Fsp3) is 0.889. The molecule has 0 aliphatic heterocycles. The molecule has 0 spiro atoms. The van der Waals surface area contributed by atoms with Gasteiger partial charge in [0.2, 0.25) is 0 Å². The van der Waals surface area contributed by atoms with Crippen LogP contribution in [0.15, 0.2) is 0 Å². The molecule has 1 radical (unpaired) electrons. The summed E-state index contributed by atoms with van der Waals surface area (Å²) in [5.41, 5.74) is 0. The summed E-state index contributed by atoms with van der Waals surface area (Å²) >= 11 is 17.0. The number of unbranched alkanes of at least 4 members (excludes halogenated alkanes) is 3. The molecule has 0 N–H and O–H groups in total. The molecule has 1 atom stereocenters. The molecule has 0 aliphatic carbocycles. The van der Waals surface area contributed by atoms with Crippen LogP contribution >= 0.6 is 34.8 Å². The molecule has 12 heavy (non-hydrogen) atoms. The van der Waals surface area contributed by atoms with Crippen LogP contribution in [-0.2, 0) is 0 Å². The molecule has 0 saturated carbocycles. The first-order valence-electron chi connectivity index (χ1n) is 4.38. The van der Waals surface area contributed by atoms with E-state index in [1.807, 2.05) is 0 Å². The molecule has 0 bridgehead atoms. The minimum atomic E-state index is -1.19. The van der Waals surface area contributed by atoms with Crippen LogP contribution in [0.25, 0.3) is 0 Å². The van der Waals surface area contributed by atoms with Gasteiger partial charge in [0.1, 0.15) is 0 Å². The van der Waals surface area contributed by atoms with Gasteiger partial charge in [-0.2, -0.15) is 0 Å². The van der Waals surface area contributed by atoms with E-state index in [1.54, 1.807) is 0 Å². The highest BCUT2D eigenvalue weighted by Crippen LogP contribution is 2.37. The van der Waals surface area contributed by atoms with E-state index >= 15 is 0 Å². The van der Waals surface area contributed by atoms with Gasteiger partial charge >= 0.3 is 0 Å². The fourth-order valence-electron chi connectivity index (χ4n) is 0.981. The van der Waals surface area contributed by atoms with Crippen LogP contribution in [0.3, 0.4) is 0 Å². The first kappa shape index (κ1) is 12.9. The standard InChI is InChI=1S/C9H16Cl3/c1-3-4-5-6-7-8(2)9(10,11)12/h8H,2-7H2,1H3. The van der Waals surface area contributed by atoms with Gasteiger partial charge < -0.3 is 0 Å². The summed E-state index contributed by atoms with van der Waals surface area (Å²) < 4.78 is -1.19. The van der Waals surface area contributed by atoms with Crippen LogP contribution in [0, 0.1) is 12.8 Å². The second-order valence-corrected chi connectivity index (χ2v) is 5.46. The van der Waals surface area contributed by atoms with Crippen molar-refractivity contribution in [3.8, 4) is 0 Å². The molecule has 0 fully saturated rings. The third-order valence-corrected chi connectivity index (χ3v) is 2.79. The molecule has 0 saturated heterocycles. The quantitative estimate of drug-likeness (QED) is 0.471. The molecule has 0 rings (SSSR count). The summed E-state index contributed by atoms with van der Waals surface area (Å²) in [6.45, 7) is 5.99. The number of hydrogen-bond acceptors (Lipinski definition) is 0. The van der Waals surface area contributed by atoms with Gasteiger partial charge in [0.25, 0.3) is 0 Å². The van der Waals surface area contributed by atoms with Crippen molar-refractivity contribution in [2.24, 2.45) is 5.92 Å². The van der Waals surface area contributed by atoms with Crippen molar-refractivity contribution in [2.45, 2.75) is 42.8 Å².